The molecule has 0 saturated heterocycles. The summed E-state index contributed by atoms with van der Waals surface area (Å²) < 4.78 is 2.30. The summed E-state index contributed by atoms with van der Waals surface area (Å²) in [7, 11) is 0. The first-order valence-corrected chi connectivity index (χ1v) is 8.51. The normalized spacial score (nSPS) is 12.3. The lowest BCUT2D eigenvalue weighted by Gasteiger charge is -2.20. The maximum atomic E-state index is 3.67. The molecule has 0 aliphatic rings. The molecule has 0 amide bonds. The molecule has 1 atom stereocenters. The van der Waals surface area contributed by atoms with Crippen molar-refractivity contribution in [3.63, 3.8) is 0 Å². The Hall–Kier alpha value is -0.640. The SMILES string of the molecule is CCCNC(Cc1ccc(Br)cc1)c1ccccc1Br. The molecular weight excluding hydrogens is 378 g/mol. The van der Waals surface area contributed by atoms with Gasteiger partial charge in [-0.05, 0) is 48.7 Å². The highest BCUT2D eigenvalue weighted by Gasteiger charge is 2.14. The van der Waals surface area contributed by atoms with Crippen LogP contribution in [-0.2, 0) is 6.42 Å². The average Bonchev–Trinajstić information content (AvgIpc) is 2.46. The van der Waals surface area contributed by atoms with Crippen molar-refractivity contribution in [1.29, 1.82) is 0 Å². The van der Waals surface area contributed by atoms with E-state index in [0.717, 1.165) is 23.9 Å². The van der Waals surface area contributed by atoms with E-state index < -0.39 is 0 Å². The third-order valence-corrected chi connectivity index (χ3v) is 4.53. The van der Waals surface area contributed by atoms with E-state index in [1.165, 1.54) is 15.6 Å². The van der Waals surface area contributed by atoms with Crippen molar-refractivity contribution in [3.05, 3.63) is 68.6 Å². The average molecular weight is 397 g/mol. The summed E-state index contributed by atoms with van der Waals surface area (Å²) >= 11 is 7.15. The van der Waals surface area contributed by atoms with E-state index in [1.807, 2.05) is 0 Å². The van der Waals surface area contributed by atoms with E-state index in [1.54, 1.807) is 0 Å². The Morgan fingerprint density at radius 1 is 1.00 bits per heavy atom. The smallest absolute Gasteiger partial charge is 0.0372 e. The van der Waals surface area contributed by atoms with Crippen molar-refractivity contribution in [1.82, 2.24) is 5.32 Å². The Bertz CT molecular complexity index is 537. The third kappa shape index (κ3) is 4.44. The molecule has 2 aromatic rings. The van der Waals surface area contributed by atoms with E-state index in [9.17, 15) is 0 Å². The van der Waals surface area contributed by atoms with Crippen molar-refractivity contribution < 1.29 is 0 Å². The number of hydrogen-bond acceptors (Lipinski definition) is 1. The summed E-state index contributed by atoms with van der Waals surface area (Å²) in [6.07, 6.45) is 2.14. The van der Waals surface area contributed by atoms with Crippen molar-refractivity contribution in [3.8, 4) is 0 Å². The molecular formula is C17H19Br2N. The first-order chi connectivity index (χ1) is 9.70. The van der Waals surface area contributed by atoms with E-state index in [-0.39, 0.29) is 0 Å². The monoisotopic (exact) mass is 395 g/mol. The summed E-state index contributed by atoms with van der Waals surface area (Å²) in [5.74, 6) is 0. The van der Waals surface area contributed by atoms with Gasteiger partial charge < -0.3 is 5.32 Å². The van der Waals surface area contributed by atoms with Crippen LogP contribution in [0.15, 0.2) is 57.5 Å². The Morgan fingerprint density at radius 3 is 2.35 bits per heavy atom. The second kappa shape index (κ2) is 7.96. The Balaban J connectivity index is 2.19. The van der Waals surface area contributed by atoms with Gasteiger partial charge in [-0.15, -0.1) is 0 Å². The van der Waals surface area contributed by atoms with Crippen LogP contribution in [-0.4, -0.2) is 6.54 Å². The molecule has 106 valence electrons. The fourth-order valence-electron chi connectivity index (χ4n) is 2.22. The van der Waals surface area contributed by atoms with Gasteiger partial charge in [0.25, 0.3) is 0 Å². The van der Waals surface area contributed by atoms with Crippen LogP contribution in [0.4, 0.5) is 0 Å². The van der Waals surface area contributed by atoms with Crippen LogP contribution in [0.3, 0.4) is 0 Å². The van der Waals surface area contributed by atoms with E-state index in [0.29, 0.717) is 6.04 Å². The van der Waals surface area contributed by atoms with Gasteiger partial charge in [-0.3, -0.25) is 0 Å². The summed E-state index contributed by atoms with van der Waals surface area (Å²) in [6, 6.07) is 17.4. The standard InChI is InChI=1S/C17H19Br2N/c1-2-11-20-17(15-5-3-4-6-16(15)19)12-13-7-9-14(18)10-8-13/h3-10,17,20H,2,11-12H2,1H3. The van der Waals surface area contributed by atoms with Crippen molar-refractivity contribution in [2.45, 2.75) is 25.8 Å². The van der Waals surface area contributed by atoms with Gasteiger partial charge in [0.1, 0.15) is 0 Å². The molecule has 0 saturated carbocycles. The number of benzene rings is 2. The molecule has 0 radical (unpaired) electrons. The number of halogens is 2. The molecule has 0 spiro atoms. The van der Waals surface area contributed by atoms with E-state index >= 15 is 0 Å². The molecule has 0 aliphatic heterocycles. The number of nitrogens with one attached hydrogen (secondary N) is 1. The molecule has 0 fully saturated rings. The predicted octanol–water partition coefficient (Wildman–Crippen LogP) is 5.50. The zero-order chi connectivity index (χ0) is 14.4. The molecule has 3 heteroatoms. The van der Waals surface area contributed by atoms with Crippen LogP contribution in [0.25, 0.3) is 0 Å². The van der Waals surface area contributed by atoms with Crippen LogP contribution in [0.5, 0.6) is 0 Å². The maximum Gasteiger partial charge on any atom is 0.0372 e. The Kier molecular flexibility index (Phi) is 6.27. The van der Waals surface area contributed by atoms with Crippen LogP contribution in [0.2, 0.25) is 0 Å². The first kappa shape index (κ1) is 15.7. The maximum absolute atomic E-state index is 3.67. The Morgan fingerprint density at radius 2 is 1.70 bits per heavy atom. The van der Waals surface area contributed by atoms with E-state index in [4.69, 9.17) is 0 Å². The lowest BCUT2D eigenvalue weighted by molar-refractivity contribution is 0.527. The second-order valence-electron chi connectivity index (χ2n) is 4.86. The topological polar surface area (TPSA) is 12.0 Å². The molecule has 1 unspecified atom stereocenters. The highest BCUT2D eigenvalue weighted by molar-refractivity contribution is 9.10. The van der Waals surface area contributed by atoms with Gasteiger partial charge in [0.2, 0.25) is 0 Å². The lowest BCUT2D eigenvalue weighted by atomic mass is 9.99. The van der Waals surface area contributed by atoms with Gasteiger partial charge in [0.05, 0.1) is 0 Å². The van der Waals surface area contributed by atoms with Gasteiger partial charge in [-0.1, -0.05) is 69.1 Å². The zero-order valence-corrected chi connectivity index (χ0v) is 14.7. The fraction of sp³-hybridized carbons (Fsp3) is 0.294. The molecule has 1 nitrogen and oxygen atoms in total. The molecule has 0 aromatic heterocycles. The second-order valence-corrected chi connectivity index (χ2v) is 6.63. The van der Waals surface area contributed by atoms with Gasteiger partial charge >= 0.3 is 0 Å². The van der Waals surface area contributed by atoms with Crippen molar-refractivity contribution in [2.24, 2.45) is 0 Å². The van der Waals surface area contributed by atoms with Gasteiger partial charge in [0, 0.05) is 15.0 Å². The minimum Gasteiger partial charge on any atom is -0.310 e. The van der Waals surface area contributed by atoms with Gasteiger partial charge in [0.15, 0.2) is 0 Å². The molecule has 0 bridgehead atoms. The Labute approximate surface area is 138 Å². The largest absolute Gasteiger partial charge is 0.310 e. The van der Waals surface area contributed by atoms with Gasteiger partial charge in [-0.2, -0.15) is 0 Å². The fourth-order valence-corrected chi connectivity index (χ4v) is 3.05. The summed E-state index contributed by atoms with van der Waals surface area (Å²) in [5, 5.41) is 3.65. The predicted molar refractivity (Wildman–Crippen MR) is 93.0 cm³/mol. The molecule has 0 heterocycles. The van der Waals surface area contributed by atoms with Crippen molar-refractivity contribution in [2.75, 3.05) is 6.54 Å². The first-order valence-electron chi connectivity index (χ1n) is 6.93. The quantitative estimate of drug-likeness (QED) is 0.680. The molecule has 0 aliphatic carbocycles. The zero-order valence-electron chi connectivity index (χ0n) is 11.6. The van der Waals surface area contributed by atoms with E-state index in [2.05, 4.69) is 92.6 Å². The number of hydrogen-bond donors (Lipinski definition) is 1. The lowest BCUT2D eigenvalue weighted by Crippen LogP contribution is -2.24. The molecule has 2 aromatic carbocycles. The third-order valence-electron chi connectivity index (χ3n) is 3.27. The minimum absolute atomic E-state index is 0.340. The minimum atomic E-state index is 0.340. The van der Waals surface area contributed by atoms with Gasteiger partial charge in [-0.25, -0.2) is 0 Å². The highest BCUT2D eigenvalue weighted by Crippen LogP contribution is 2.26. The highest BCUT2D eigenvalue weighted by atomic mass is 79.9. The van der Waals surface area contributed by atoms with Crippen LogP contribution >= 0.6 is 31.9 Å². The molecule has 2 rings (SSSR count). The van der Waals surface area contributed by atoms with Crippen molar-refractivity contribution >= 4 is 31.9 Å². The summed E-state index contributed by atoms with van der Waals surface area (Å²) in [4.78, 5) is 0. The summed E-state index contributed by atoms with van der Waals surface area (Å²) in [5.41, 5.74) is 2.67. The summed E-state index contributed by atoms with van der Waals surface area (Å²) in [6.45, 7) is 3.23. The molecule has 1 N–H and O–H groups in total. The van der Waals surface area contributed by atoms with Crippen LogP contribution in [0.1, 0.15) is 30.5 Å². The number of rotatable bonds is 6. The molecule has 20 heavy (non-hydrogen) atoms. The van der Waals surface area contributed by atoms with Crippen LogP contribution < -0.4 is 5.32 Å². The van der Waals surface area contributed by atoms with Crippen LogP contribution in [0, 0.1) is 0 Å².